The number of rotatable bonds is 11. The van der Waals surface area contributed by atoms with E-state index in [0.29, 0.717) is 12.0 Å². The van der Waals surface area contributed by atoms with Gasteiger partial charge < -0.3 is 14.6 Å². The lowest BCUT2D eigenvalue weighted by atomic mass is 9.72. The first kappa shape index (κ1) is 23.8. The summed E-state index contributed by atoms with van der Waals surface area (Å²) in [4.78, 5) is 50.1. The third-order valence-corrected chi connectivity index (χ3v) is 5.25. The summed E-state index contributed by atoms with van der Waals surface area (Å²) in [6.07, 6.45) is -0.571. The number of carbonyl (C=O) groups excluding carboxylic acids is 3. The van der Waals surface area contributed by atoms with Gasteiger partial charge in [-0.25, -0.2) is 0 Å². The van der Waals surface area contributed by atoms with Gasteiger partial charge in [-0.2, -0.15) is 0 Å². The molecule has 31 heavy (non-hydrogen) atoms. The number of carboxylic acids is 1. The fourth-order valence-electron chi connectivity index (χ4n) is 3.65. The van der Waals surface area contributed by atoms with Crippen molar-refractivity contribution in [1.29, 1.82) is 0 Å². The van der Waals surface area contributed by atoms with Gasteiger partial charge in [0, 0.05) is 12.3 Å². The van der Waals surface area contributed by atoms with Crippen molar-refractivity contribution in [2.24, 2.45) is 5.41 Å². The molecule has 1 atom stereocenters. The Bertz CT molecular complexity index is 890. The van der Waals surface area contributed by atoms with Crippen LogP contribution in [0.4, 0.5) is 0 Å². The van der Waals surface area contributed by atoms with Gasteiger partial charge in [-0.3, -0.25) is 19.2 Å². The molecule has 2 aromatic rings. The standard InChI is InChI=1S/C24H26O7/c1-30-22(28)24(16-21(26)27,23(29)31-2)15-19(18-11-7-4-8-12-18)20(25)14-13-17-9-5-3-6-10-17/h3-12,19H,13-16H2,1-2H3,(H,26,27). The van der Waals surface area contributed by atoms with E-state index in [1.807, 2.05) is 30.3 Å². The molecule has 0 aromatic heterocycles. The van der Waals surface area contributed by atoms with Crippen molar-refractivity contribution in [2.75, 3.05) is 14.2 Å². The molecular formula is C24H26O7. The molecule has 0 saturated heterocycles. The zero-order valence-corrected chi connectivity index (χ0v) is 17.6. The highest BCUT2D eigenvalue weighted by Crippen LogP contribution is 2.39. The van der Waals surface area contributed by atoms with E-state index in [4.69, 9.17) is 9.47 Å². The van der Waals surface area contributed by atoms with E-state index in [0.717, 1.165) is 19.8 Å². The highest BCUT2D eigenvalue weighted by Gasteiger charge is 2.52. The number of benzene rings is 2. The molecule has 0 heterocycles. The molecule has 0 fully saturated rings. The minimum absolute atomic E-state index is 0.162. The van der Waals surface area contributed by atoms with Crippen molar-refractivity contribution in [2.45, 2.75) is 31.6 Å². The smallest absolute Gasteiger partial charge is 0.323 e. The minimum atomic E-state index is -2.14. The molecule has 0 radical (unpaired) electrons. The number of Topliss-reactive ketones (excluding diaryl/α,β-unsaturated/α-hetero) is 1. The summed E-state index contributed by atoms with van der Waals surface area (Å²) >= 11 is 0. The maximum atomic E-state index is 13.3. The number of methoxy groups -OCH3 is 2. The number of esters is 2. The van der Waals surface area contributed by atoms with Gasteiger partial charge in [0.15, 0.2) is 5.41 Å². The van der Waals surface area contributed by atoms with Crippen molar-refractivity contribution < 1.29 is 33.8 Å². The van der Waals surface area contributed by atoms with Gasteiger partial charge >= 0.3 is 17.9 Å². The van der Waals surface area contributed by atoms with Gasteiger partial charge in [-0.1, -0.05) is 60.7 Å². The first-order valence-electron chi connectivity index (χ1n) is 9.84. The number of carboxylic acid groups (broad SMARTS) is 1. The van der Waals surface area contributed by atoms with Crippen LogP contribution in [0.1, 0.15) is 36.3 Å². The molecule has 1 N–H and O–H groups in total. The molecule has 0 bridgehead atoms. The molecule has 0 aliphatic rings. The number of ether oxygens (including phenoxy) is 2. The molecule has 0 saturated carbocycles. The Morgan fingerprint density at radius 3 is 1.87 bits per heavy atom. The number of aliphatic carboxylic acids is 1. The second-order valence-corrected chi connectivity index (χ2v) is 7.26. The fraction of sp³-hybridized carbons (Fsp3) is 0.333. The Morgan fingerprint density at radius 1 is 0.871 bits per heavy atom. The van der Waals surface area contributed by atoms with E-state index in [1.54, 1.807) is 30.3 Å². The summed E-state index contributed by atoms with van der Waals surface area (Å²) in [5.74, 6) is -4.56. The van der Waals surface area contributed by atoms with Gasteiger partial charge in [-0.15, -0.1) is 0 Å². The Balaban J connectivity index is 2.43. The summed E-state index contributed by atoms with van der Waals surface area (Å²) in [7, 11) is 2.13. The quantitative estimate of drug-likeness (QED) is 0.434. The van der Waals surface area contributed by atoms with E-state index < -0.39 is 35.7 Å². The fourth-order valence-corrected chi connectivity index (χ4v) is 3.65. The van der Waals surface area contributed by atoms with Crippen LogP contribution >= 0.6 is 0 Å². The van der Waals surface area contributed by atoms with Crippen LogP contribution < -0.4 is 0 Å². The van der Waals surface area contributed by atoms with E-state index in [-0.39, 0.29) is 18.6 Å². The Morgan fingerprint density at radius 2 is 1.39 bits per heavy atom. The van der Waals surface area contributed by atoms with Crippen molar-refractivity contribution in [1.82, 2.24) is 0 Å². The highest BCUT2D eigenvalue weighted by molar-refractivity contribution is 6.03. The first-order chi connectivity index (χ1) is 14.8. The van der Waals surface area contributed by atoms with Crippen LogP contribution in [0.5, 0.6) is 0 Å². The van der Waals surface area contributed by atoms with Crippen molar-refractivity contribution in [3.8, 4) is 0 Å². The lowest BCUT2D eigenvalue weighted by Crippen LogP contribution is -2.45. The third-order valence-electron chi connectivity index (χ3n) is 5.25. The van der Waals surface area contributed by atoms with Crippen LogP contribution in [0.25, 0.3) is 0 Å². The number of ketones is 1. The average Bonchev–Trinajstić information content (AvgIpc) is 2.80. The van der Waals surface area contributed by atoms with Gasteiger partial charge in [0.05, 0.1) is 20.6 Å². The molecule has 0 aliphatic heterocycles. The van der Waals surface area contributed by atoms with E-state index >= 15 is 0 Å². The maximum absolute atomic E-state index is 13.3. The van der Waals surface area contributed by atoms with Crippen LogP contribution in [-0.4, -0.2) is 43.0 Å². The molecule has 1 unspecified atom stereocenters. The van der Waals surface area contributed by atoms with Crippen LogP contribution in [0, 0.1) is 5.41 Å². The summed E-state index contributed by atoms with van der Waals surface area (Å²) in [5.41, 5.74) is -0.582. The van der Waals surface area contributed by atoms with Gasteiger partial charge in [0.1, 0.15) is 5.78 Å². The number of aryl methyl sites for hydroxylation is 1. The predicted molar refractivity (Wildman–Crippen MR) is 112 cm³/mol. The molecule has 0 aliphatic carbocycles. The van der Waals surface area contributed by atoms with Gasteiger partial charge in [0.25, 0.3) is 0 Å². The maximum Gasteiger partial charge on any atom is 0.323 e. The molecule has 7 heteroatoms. The van der Waals surface area contributed by atoms with E-state index in [2.05, 4.69) is 0 Å². The topological polar surface area (TPSA) is 107 Å². The average molecular weight is 426 g/mol. The minimum Gasteiger partial charge on any atom is -0.481 e. The van der Waals surface area contributed by atoms with Crippen molar-refractivity contribution in [3.05, 3.63) is 71.8 Å². The zero-order valence-electron chi connectivity index (χ0n) is 17.6. The SMILES string of the molecule is COC(=O)C(CC(=O)O)(CC(C(=O)CCc1ccccc1)c1ccccc1)C(=O)OC. The lowest BCUT2D eigenvalue weighted by molar-refractivity contribution is -0.174. The molecule has 2 rings (SSSR count). The largest absolute Gasteiger partial charge is 0.481 e. The van der Waals surface area contributed by atoms with Crippen LogP contribution in [0.3, 0.4) is 0 Å². The summed E-state index contributed by atoms with van der Waals surface area (Å²) in [6.45, 7) is 0. The van der Waals surface area contributed by atoms with Gasteiger partial charge in [-0.05, 0) is 24.0 Å². The van der Waals surface area contributed by atoms with Crippen LogP contribution in [-0.2, 0) is 35.1 Å². The molecule has 164 valence electrons. The monoisotopic (exact) mass is 426 g/mol. The highest BCUT2D eigenvalue weighted by atomic mass is 16.5. The molecular weight excluding hydrogens is 400 g/mol. The van der Waals surface area contributed by atoms with Crippen LogP contribution in [0.15, 0.2) is 60.7 Å². The molecule has 2 aromatic carbocycles. The third kappa shape index (κ3) is 6.01. The Labute approximate surface area is 181 Å². The molecule has 7 nitrogen and oxygen atoms in total. The van der Waals surface area contributed by atoms with Crippen molar-refractivity contribution >= 4 is 23.7 Å². The molecule has 0 amide bonds. The van der Waals surface area contributed by atoms with E-state index in [9.17, 15) is 24.3 Å². The van der Waals surface area contributed by atoms with Gasteiger partial charge in [0.2, 0.25) is 0 Å². The number of carbonyl (C=O) groups is 4. The Kier molecular flexibility index (Phi) is 8.49. The van der Waals surface area contributed by atoms with Crippen LogP contribution in [0.2, 0.25) is 0 Å². The summed E-state index contributed by atoms with van der Waals surface area (Å²) in [5, 5.41) is 9.41. The first-order valence-corrected chi connectivity index (χ1v) is 9.84. The Hall–Kier alpha value is -3.48. The number of hydrogen-bond donors (Lipinski definition) is 1. The second-order valence-electron chi connectivity index (χ2n) is 7.26. The zero-order chi connectivity index (χ0) is 22.9. The molecule has 0 spiro atoms. The predicted octanol–water partition coefficient (Wildman–Crippen LogP) is 3.17. The second kappa shape index (κ2) is 11.1. The lowest BCUT2D eigenvalue weighted by Gasteiger charge is -2.30. The van der Waals surface area contributed by atoms with E-state index in [1.165, 1.54) is 0 Å². The summed E-state index contributed by atoms with van der Waals surface area (Å²) in [6, 6.07) is 18.1. The van der Waals surface area contributed by atoms with Crippen molar-refractivity contribution in [3.63, 3.8) is 0 Å². The normalized spacial score (nSPS) is 11.9. The number of hydrogen-bond acceptors (Lipinski definition) is 6. The summed E-state index contributed by atoms with van der Waals surface area (Å²) < 4.78 is 9.54.